The number of piperidine rings is 1. The number of likely N-dealkylation sites (tertiary alicyclic amines) is 1. The summed E-state index contributed by atoms with van der Waals surface area (Å²) in [5, 5.41) is 3.59. The second-order valence-electron chi connectivity index (χ2n) is 15.6. The van der Waals surface area contributed by atoms with Crippen LogP contribution in [-0.2, 0) is 16.0 Å². The number of alkyl halides is 3. The van der Waals surface area contributed by atoms with Crippen LogP contribution < -0.4 is 5.32 Å². The van der Waals surface area contributed by atoms with Crippen molar-refractivity contribution in [2.45, 2.75) is 104 Å². The summed E-state index contributed by atoms with van der Waals surface area (Å²) in [5.41, 5.74) is 2.06. The molecule has 4 aliphatic heterocycles. The fourth-order valence-corrected chi connectivity index (χ4v) is 7.74. The van der Waals surface area contributed by atoms with E-state index >= 15 is 0 Å². The molecule has 1 N–H and O–H groups in total. The minimum atomic E-state index is -4.35. The van der Waals surface area contributed by atoms with Crippen LogP contribution in [0.2, 0.25) is 0 Å². The van der Waals surface area contributed by atoms with Gasteiger partial charge in [-0.2, -0.15) is 13.2 Å². The van der Waals surface area contributed by atoms with Gasteiger partial charge >= 0.3 is 12.3 Å². The number of halogens is 4. The summed E-state index contributed by atoms with van der Waals surface area (Å²) in [5.74, 6) is -0.156. The van der Waals surface area contributed by atoms with Gasteiger partial charge in [0.05, 0.1) is 6.54 Å². The Kier molecular flexibility index (Phi) is 10.2. The van der Waals surface area contributed by atoms with Crippen LogP contribution in [0.25, 0.3) is 0 Å². The lowest BCUT2D eigenvalue weighted by atomic mass is 9.85. The van der Waals surface area contributed by atoms with E-state index in [4.69, 9.17) is 4.74 Å². The molecule has 1 aromatic rings. The number of carbonyl (C=O) groups excluding carboxylic acids is 2. The Morgan fingerprint density at radius 3 is 2.40 bits per heavy atom. The highest BCUT2D eigenvalue weighted by Crippen LogP contribution is 2.42. The molecule has 0 saturated carbocycles. The highest BCUT2D eigenvalue weighted by molar-refractivity contribution is 5.81. The normalized spacial score (nSPS) is 27.4. The number of carbonyl (C=O) groups is 2. The van der Waals surface area contributed by atoms with E-state index in [0.29, 0.717) is 38.9 Å². The van der Waals surface area contributed by atoms with Crippen molar-refractivity contribution in [3.8, 4) is 0 Å². The zero-order valence-electron chi connectivity index (χ0n) is 28.6. The van der Waals surface area contributed by atoms with Gasteiger partial charge in [0.25, 0.3) is 0 Å². The van der Waals surface area contributed by atoms with Gasteiger partial charge < -0.3 is 19.9 Å². The van der Waals surface area contributed by atoms with E-state index in [2.05, 4.69) is 19.2 Å². The molecule has 0 bridgehead atoms. The lowest BCUT2D eigenvalue weighted by Crippen LogP contribution is -2.64. The average molecular weight is 666 g/mol. The predicted octanol–water partition coefficient (Wildman–Crippen LogP) is 5.78. The van der Waals surface area contributed by atoms with Crippen LogP contribution in [0.3, 0.4) is 0 Å². The van der Waals surface area contributed by atoms with E-state index in [1.54, 1.807) is 37.8 Å². The molecule has 12 heteroatoms. The molecule has 5 rings (SSSR count). The maximum atomic E-state index is 14.2. The average Bonchev–Trinajstić information content (AvgIpc) is 3.24. The second kappa shape index (κ2) is 13.6. The van der Waals surface area contributed by atoms with Gasteiger partial charge in [-0.3, -0.25) is 14.6 Å². The fourth-order valence-electron chi connectivity index (χ4n) is 7.74. The molecule has 0 spiro atoms. The molecular formula is C35H51F4N5O3. The zero-order chi connectivity index (χ0) is 34.3. The third-order valence-corrected chi connectivity index (χ3v) is 9.99. The first-order valence-corrected chi connectivity index (χ1v) is 17.0. The number of nitrogens with zero attached hydrogens (tertiary/aromatic N) is 4. The van der Waals surface area contributed by atoms with Gasteiger partial charge in [0.15, 0.2) is 0 Å². The Labute approximate surface area is 276 Å². The van der Waals surface area contributed by atoms with Crippen molar-refractivity contribution in [2.24, 2.45) is 11.3 Å². The van der Waals surface area contributed by atoms with Crippen LogP contribution in [0.15, 0.2) is 35.7 Å². The van der Waals surface area contributed by atoms with Crippen molar-refractivity contribution in [2.75, 3.05) is 45.8 Å². The van der Waals surface area contributed by atoms with Gasteiger partial charge in [-0.25, -0.2) is 9.18 Å². The number of piperazine rings is 1. The van der Waals surface area contributed by atoms with Crippen molar-refractivity contribution >= 4 is 12.0 Å². The van der Waals surface area contributed by atoms with Crippen LogP contribution in [0.5, 0.6) is 0 Å². The van der Waals surface area contributed by atoms with E-state index < -0.39 is 30.0 Å². The van der Waals surface area contributed by atoms with Gasteiger partial charge in [-0.1, -0.05) is 32.4 Å². The largest absolute Gasteiger partial charge is 0.444 e. The monoisotopic (exact) mass is 665 g/mol. The molecule has 0 aromatic heterocycles. The lowest BCUT2D eigenvalue weighted by Gasteiger charge is -2.48. The Balaban J connectivity index is 1.35. The number of hydrogen-bond donors (Lipinski definition) is 1. The van der Waals surface area contributed by atoms with Crippen LogP contribution in [0.1, 0.15) is 72.8 Å². The molecule has 0 aliphatic carbocycles. The highest BCUT2D eigenvalue weighted by Gasteiger charge is 2.48. The number of nitrogens with one attached hydrogen (secondary N) is 1. The molecule has 2 unspecified atom stereocenters. The van der Waals surface area contributed by atoms with Crippen LogP contribution in [0.4, 0.5) is 22.4 Å². The Morgan fingerprint density at radius 1 is 1.04 bits per heavy atom. The first-order chi connectivity index (χ1) is 21.9. The number of amides is 2. The predicted molar refractivity (Wildman–Crippen MR) is 172 cm³/mol. The third kappa shape index (κ3) is 8.42. The van der Waals surface area contributed by atoms with Gasteiger partial charge in [0.2, 0.25) is 5.91 Å². The molecule has 2 fully saturated rings. The van der Waals surface area contributed by atoms with E-state index in [9.17, 15) is 27.2 Å². The number of rotatable bonds is 6. The summed E-state index contributed by atoms with van der Waals surface area (Å²) < 4.78 is 61.5. The first-order valence-electron chi connectivity index (χ1n) is 17.0. The lowest BCUT2D eigenvalue weighted by molar-refractivity contribution is -0.194. The second-order valence-corrected chi connectivity index (χ2v) is 15.6. The van der Waals surface area contributed by atoms with Crippen LogP contribution in [0, 0.1) is 17.2 Å². The van der Waals surface area contributed by atoms with Crippen molar-refractivity contribution in [1.29, 1.82) is 0 Å². The molecule has 2 amide bonds. The molecule has 262 valence electrons. The smallest absolute Gasteiger partial charge is 0.410 e. The molecule has 8 nitrogen and oxygen atoms in total. The summed E-state index contributed by atoms with van der Waals surface area (Å²) in [4.78, 5) is 34.4. The van der Waals surface area contributed by atoms with Crippen LogP contribution in [-0.4, -0.2) is 107 Å². The van der Waals surface area contributed by atoms with Gasteiger partial charge in [0, 0.05) is 61.6 Å². The molecule has 4 aliphatic rings. The van der Waals surface area contributed by atoms with Crippen molar-refractivity contribution < 1.29 is 31.9 Å². The summed E-state index contributed by atoms with van der Waals surface area (Å²) in [6, 6.07) is 4.20. The summed E-state index contributed by atoms with van der Waals surface area (Å²) in [7, 11) is 0. The molecule has 1 aromatic carbocycles. The maximum Gasteiger partial charge on any atom is 0.410 e. The summed E-state index contributed by atoms with van der Waals surface area (Å²) in [6.07, 6.45) is -2.16. The minimum absolute atomic E-state index is 0.0389. The molecular weight excluding hydrogens is 614 g/mol. The molecule has 4 atom stereocenters. The van der Waals surface area contributed by atoms with E-state index in [1.807, 2.05) is 16.7 Å². The topological polar surface area (TPSA) is 68.4 Å². The van der Waals surface area contributed by atoms with E-state index in [1.165, 1.54) is 17.0 Å². The zero-order valence-corrected chi connectivity index (χ0v) is 28.6. The summed E-state index contributed by atoms with van der Waals surface area (Å²) >= 11 is 0. The van der Waals surface area contributed by atoms with Gasteiger partial charge in [-0.15, -0.1) is 0 Å². The summed E-state index contributed by atoms with van der Waals surface area (Å²) in [6.45, 7) is 13.7. The Bertz CT molecular complexity index is 1330. The minimum Gasteiger partial charge on any atom is -0.444 e. The molecule has 4 heterocycles. The SMILES string of the molecule is C[C@@H]1CN(CC(=O)N2CC(C)(C)C3=C2CC(Cc2ccc(F)cc2)CN3)[C@@H](CN2CCCCC2C(F)(F)F)CN1C(=O)OC(C)(C)C. The number of allylic oxidation sites excluding steroid dienone is 1. The Morgan fingerprint density at radius 2 is 1.74 bits per heavy atom. The number of ether oxygens (including phenoxy) is 1. The van der Waals surface area contributed by atoms with E-state index in [0.717, 1.165) is 29.9 Å². The molecule has 47 heavy (non-hydrogen) atoms. The highest BCUT2D eigenvalue weighted by atomic mass is 19.4. The quantitative estimate of drug-likeness (QED) is 0.389. The molecule has 2 saturated heterocycles. The van der Waals surface area contributed by atoms with Crippen molar-refractivity contribution in [3.63, 3.8) is 0 Å². The molecule has 0 radical (unpaired) electrons. The first kappa shape index (κ1) is 35.4. The van der Waals surface area contributed by atoms with Crippen molar-refractivity contribution in [3.05, 3.63) is 47.0 Å². The maximum absolute atomic E-state index is 14.2. The fraction of sp³-hybridized carbons (Fsp3) is 0.714. The standard InChI is InChI=1S/C35H51F4N5O3/c1-23-18-42(27(20-43(23)32(46)47-33(2,3)4)19-41-14-8-7-9-29(41)35(37,38)39)21-30(45)44-22-34(5,6)31-28(44)16-25(17-40-31)15-24-10-12-26(36)13-11-24/h10-13,23,25,27,29,40H,7-9,14-22H2,1-6H3/t23-,25?,27+,29?/m1/s1. The van der Waals surface area contributed by atoms with Crippen LogP contribution >= 0.6 is 0 Å². The van der Waals surface area contributed by atoms with E-state index in [-0.39, 0.29) is 55.2 Å². The van der Waals surface area contributed by atoms with Gasteiger partial charge in [-0.05, 0) is 83.5 Å². The third-order valence-electron chi connectivity index (χ3n) is 9.99. The Hall–Kier alpha value is -2.86. The number of benzene rings is 1. The number of hydrogen-bond acceptors (Lipinski definition) is 6. The van der Waals surface area contributed by atoms with Crippen molar-refractivity contribution in [1.82, 2.24) is 24.9 Å². The van der Waals surface area contributed by atoms with Gasteiger partial charge in [0.1, 0.15) is 17.5 Å².